The minimum Gasteiger partial charge on any atom is -0.464 e. The van der Waals surface area contributed by atoms with Crippen LogP contribution in [0.3, 0.4) is 0 Å². The number of hydrogen-bond donors (Lipinski definition) is 1. The lowest BCUT2D eigenvalue weighted by molar-refractivity contribution is -0.149. The van der Waals surface area contributed by atoms with E-state index < -0.39 is 6.04 Å². The van der Waals surface area contributed by atoms with Crippen LogP contribution in [-0.4, -0.2) is 53.6 Å². The average molecular weight is 279 g/mol. The third-order valence-electron chi connectivity index (χ3n) is 3.45. The minimum absolute atomic E-state index is 0.114. The Morgan fingerprint density at radius 1 is 1.45 bits per heavy atom. The predicted octanol–water partition coefficient (Wildman–Crippen LogP) is 0.485. The molecule has 1 aliphatic heterocycles. The molecule has 1 atom stereocenters. The largest absolute Gasteiger partial charge is 0.464 e. The first-order valence-electron chi connectivity index (χ1n) is 7.02. The van der Waals surface area contributed by atoms with Crippen LogP contribution in [0.4, 0.5) is 0 Å². The van der Waals surface area contributed by atoms with Gasteiger partial charge in [0.15, 0.2) is 0 Å². The Hall–Kier alpha value is -1.82. The summed E-state index contributed by atoms with van der Waals surface area (Å²) in [5.74, 6) is -0.459. The normalized spacial score (nSPS) is 18.9. The number of ether oxygens (including phenoxy) is 1. The maximum absolute atomic E-state index is 12.6. The molecule has 1 aromatic heterocycles. The number of carbonyl (C=O) groups excluding carboxylic acids is 2. The van der Waals surface area contributed by atoms with Gasteiger partial charge in [0.1, 0.15) is 11.7 Å². The van der Waals surface area contributed by atoms with E-state index in [2.05, 4.69) is 5.32 Å². The van der Waals surface area contributed by atoms with E-state index in [1.807, 2.05) is 23.8 Å². The predicted molar refractivity (Wildman–Crippen MR) is 74.4 cm³/mol. The summed E-state index contributed by atoms with van der Waals surface area (Å²) in [5, 5.41) is 3.13. The van der Waals surface area contributed by atoms with Gasteiger partial charge in [0, 0.05) is 32.4 Å². The van der Waals surface area contributed by atoms with Crippen LogP contribution in [0.5, 0.6) is 0 Å². The molecule has 0 saturated carbocycles. The zero-order valence-corrected chi connectivity index (χ0v) is 12.0. The fraction of sp³-hybridized carbons (Fsp3) is 0.571. The molecule has 0 radical (unpaired) electrons. The van der Waals surface area contributed by atoms with Crippen molar-refractivity contribution in [3.63, 3.8) is 0 Å². The molecule has 110 valence electrons. The molecule has 1 unspecified atom stereocenters. The van der Waals surface area contributed by atoms with E-state index in [-0.39, 0.29) is 11.9 Å². The van der Waals surface area contributed by atoms with Crippen molar-refractivity contribution >= 4 is 11.9 Å². The van der Waals surface area contributed by atoms with Crippen molar-refractivity contribution in [1.82, 2.24) is 14.8 Å². The van der Waals surface area contributed by atoms with Crippen molar-refractivity contribution in [3.05, 3.63) is 24.0 Å². The van der Waals surface area contributed by atoms with Gasteiger partial charge < -0.3 is 19.5 Å². The monoisotopic (exact) mass is 279 g/mol. The third-order valence-corrected chi connectivity index (χ3v) is 3.45. The number of aryl methyl sites for hydroxylation is 1. The van der Waals surface area contributed by atoms with E-state index in [9.17, 15) is 9.59 Å². The van der Waals surface area contributed by atoms with Crippen LogP contribution < -0.4 is 5.32 Å². The molecule has 1 amide bonds. The highest BCUT2D eigenvalue weighted by Gasteiger charge is 2.34. The molecule has 0 aliphatic carbocycles. The highest BCUT2D eigenvalue weighted by Crippen LogP contribution is 2.13. The minimum atomic E-state index is -0.545. The number of nitrogens with zero attached hydrogens (tertiary/aromatic N) is 2. The molecule has 1 N–H and O–H groups in total. The van der Waals surface area contributed by atoms with Crippen LogP contribution in [0, 0.1) is 0 Å². The number of nitrogens with one attached hydrogen (secondary N) is 1. The molecule has 1 aromatic rings. The van der Waals surface area contributed by atoms with Crippen LogP contribution in [0.2, 0.25) is 0 Å². The van der Waals surface area contributed by atoms with Gasteiger partial charge in [-0.3, -0.25) is 4.79 Å². The molecule has 6 heteroatoms. The van der Waals surface area contributed by atoms with E-state index in [0.29, 0.717) is 31.9 Å². The lowest BCUT2D eigenvalue weighted by Crippen LogP contribution is -2.57. The van der Waals surface area contributed by atoms with Crippen LogP contribution in [0.1, 0.15) is 24.3 Å². The molecule has 20 heavy (non-hydrogen) atoms. The van der Waals surface area contributed by atoms with E-state index in [0.717, 1.165) is 6.54 Å². The van der Waals surface area contributed by atoms with Gasteiger partial charge >= 0.3 is 5.97 Å². The quantitative estimate of drug-likeness (QED) is 0.815. The van der Waals surface area contributed by atoms with Gasteiger partial charge in [-0.2, -0.15) is 0 Å². The molecule has 2 heterocycles. The second-order valence-electron chi connectivity index (χ2n) is 4.65. The maximum Gasteiger partial charge on any atom is 0.330 e. The SMILES string of the molecule is CCOC(=O)C1CNCCN1C(=O)c1cccn1CC. The molecule has 6 nitrogen and oxygen atoms in total. The number of rotatable bonds is 4. The van der Waals surface area contributed by atoms with Crippen LogP contribution >= 0.6 is 0 Å². The lowest BCUT2D eigenvalue weighted by atomic mass is 10.1. The third kappa shape index (κ3) is 2.85. The van der Waals surface area contributed by atoms with Gasteiger partial charge in [0.25, 0.3) is 5.91 Å². The number of hydrogen-bond acceptors (Lipinski definition) is 4. The first-order valence-corrected chi connectivity index (χ1v) is 7.02. The van der Waals surface area contributed by atoms with Crippen molar-refractivity contribution in [2.75, 3.05) is 26.2 Å². The summed E-state index contributed by atoms with van der Waals surface area (Å²) in [4.78, 5) is 26.2. The highest BCUT2D eigenvalue weighted by atomic mass is 16.5. The molecule has 1 saturated heterocycles. The standard InChI is InChI=1S/C14H21N3O3/c1-3-16-8-5-6-11(16)13(18)17-9-7-15-10-12(17)14(19)20-4-2/h5-6,8,12,15H,3-4,7,9-10H2,1-2H3. The number of piperazine rings is 1. The number of amides is 1. The maximum atomic E-state index is 12.6. The smallest absolute Gasteiger partial charge is 0.330 e. The summed E-state index contributed by atoms with van der Waals surface area (Å²) in [7, 11) is 0. The number of aromatic nitrogens is 1. The molecular weight excluding hydrogens is 258 g/mol. The first kappa shape index (κ1) is 14.6. The summed E-state index contributed by atoms with van der Waals surface area (Å²) < 4.78 is 6.94. The zero-order valence-electron chi connectivity index (χ0n) is 12.0. The summed E-state index contributed by atoms with van der Waals surface area (Å²) >= 11 is 0. The lowest BCUT2D eigenvalue weighted by Gasteiger charge is -2.34. The summed E-state index contributed by atoms with van der Waals surface area (Å²) in [6, 6.07) is 3.09. The van der Waals surface area contributed by atoms with Crippen molar-refractivity contribution in [1.29, 1.82) is 0 Å². The van der Waals surface area contributed by atoms with E-state index in [4.69, 9.17) is 4.74 Å². The van der Waals surface area contributed by atoms with E-state index >= 15 is 0 Å². The molecule has 1 aliphatic rings. The first-order chi connectivity index (χ1) is 9.69. The van der Waals surface area contributed by atoms with Crippen molar-refractivity contribution < 1.29 is 14.3 Å². The molecule has 2 rings (SSSR count). The van der Waals surface area contributed by atoms with Gasteiger partial charge in [0.2, 0.25) is 0 Å². The Balaban J connectivity index is 2.19. The van der Waals surface area contributed by atoms with Gasteiger partial charge in [-0.05, 0) is 26.0 Å². The van der Waals surface area contributed by atoms with Gasteiger partial charge in [-0.25, -0.2) is 4.79 Å². The molecule has 0 bridgehead atoms. The van der Waals surface area contributed by atoms with Crippen LogP contribution in [-0.2, 0) is 16.1 Å². The molecule has 1 fully saturated rings. The average Bonchev–Trinajstić information content (AvgIpc) is 2.95. The van der Waals surface area contributed by atoms with Gasteiger partial charge in [-0.15, -0.1) is 0 Å². The van der Waals surface area contributed by atoms with Crippen molar-refractivity contribution in [3.8, 4) is 0 Å². The van der Waals surface area contributed by atoms with Gasteiger partial charge in [0.05, 0.1) is 6.61 Å². The Bertz CT molecular complexity index is 484. The Kier molecular flexibility index (Phi) is 4.79. The summed E-state index contributed by atoms with van der Waals surface area (Å²) in [6.07, 6.45) is 1.87. The van der Waals surface area contributed by atoms with Crippen LogP contribution in [0.25, 0.3) is 0 Å². The van der Waals surface area contributed by atoms with E-state index in [1.54, 1.807) is 17.9 Å². The topological polar surface area (TPSA) is 63.6 Å². The van der Waals surface area contributed by atoms with Crippen LogP contribution in [0.15, 0.2) is 18.3 Å². The summed E-state index contributed by atoms with van der Waals surface area (Å²) in [5.41, 5.74) is 0.615. The van der Waals surface area contributed by atoms with Crippen molar-refractivity contribution in [2.45, 2.75) is 26.4 Å². The second-order valence-corrected chi connectivity index (χ2v) is 4.65. The number of carbonyl (C=O) groups is 2. The fourth-order valence-corrected chi connectivity index (χ4v) is 2.43. The Morgan fingerprint density at radius 3 is 2.95 bits per heavy atom. The zero-order chi connectivity index (χ0) is 14.5. The van der Waals surface area contributed by atoms with Gasteiger partial charge in [-0.1, -0.05) is 0 Å². The fourth-order valence-electron chi connectivity index (χ4n) is 2.43. The highest BCUT2D eigenvalue weighted by molar-refractivity contribution is 5.95. The second kappa shape index (κ2) is 6.56. The summed E-state index contributed by atoms with van der Waals surface area (Å²) in [6.45, 7) is 6.44. The van der Waals surface area contributed by atoms with E-state index in [1.165, 1.54) is 0 Å². The number of esters is 1. The molecule has 0 spiro atoms. The molecular formula is C14H21N3O3. The Morgan fingerprint density at radius 2 is 2.25 bits per heavy atom. The van der Waals surface area contributed by atoms with Crippen molar-refractivity contribution in [2.24, 2.45) is 0 Å². The molecule has 0 aromatic carbocycles. The Labute approximate surface area is 118 Å².